The summed E-state index contributed by atoms with van der Waals surface area (Å²) < 4.78 is 18.7. The largest absolute Gasteiger partial charge is 0.421 e. The van der Waals surface area contributed by atoms with Crippen LogP contribution in [-0.2, 0) is 17.6 Å². The number of rotatable bonds is 6. The number of amides is 1. The molecule has 150 valence electrons. The highest BCUT2D eigenvalue weighted by atomic mass is 19.1. The van der Waals surface area contributed by atoms with E-state index in [2.05, 4.69) is 15.1 Å². The minimum absolute atomic E-state index is 0.0839. The number of carbonyl (C=O) groups is 1. The highest BCUT2D eigenvalue weighted by Gasteiger charge is 2.21. The average Bonchev–Trinajstić information content (AvgIpc) is 3.24. The molecule has 0 radical (unpaired) electrons. The van der Waals surface area contributed by atoms with Crippen LogP contribution >= 0.6 is 0 Å². The minimum Gasteiger partial charge on any atom is -0.421 e. The number of carbonyl (C=O) groups excluding carboxylic acids is 1. The molecule has 0 N–H and O–H groups in total. The van der Waals surface area contributed by atoms with E-state index < -0.39 is 0 Å². The van der Waals surface area contributed by atoms with Crippen molar-refractivity contribution >= 4 is 5.91 Å². The zero-order valence-corrected chi connectivity index (χ0v) is 16.1. The first-order chi connectivity index (χ1) is 14.2. The lowest BCUT2D eigenvalue weighted by atomic mass is 10.1. The van der Waals surface area contributed by atoms with Crippen molar-refractivity contribution in [2.24, 2.45) is 0 Å². The van der Waals surface area contributed by atoms with E-state index in [-0.39, 0.29) is 11.7 Å². The summed E-state index contributed by atoms with van der Waals surface area (Å²) in [7, 11) is 0. The number of halogens is 1. The molecular formula is C22H23FN4O2. The molecule has 1 aromatic heterocycles. The van der Waals surface area contributed by atoms with E-state index in [1.54, 1.807) is 12.1 Å². The fourth-order valence-electron chi connectivity index (χ4n) is 3.42. The highest BCUT2D eigenvalue weighted by Crippen LogP contribution is 2.17. The molecule has 7 heteroatoms. The minimum atomic E-state index is -0.285. The Kier molecular flexibility index (Phi) is 5.95. The first-order valence-electron chi connectivity index (χ1n) is 9.80. The van der Waals surface area contributed by atoms with Crippen molar-refractivity contribution in [3.05, 3.63) is 71.9 Å². The number of aromatic nitrogens is 2. The lowest BCUT2D eigenvalue weighted by Gasteiger charge is -2.34. The molecule has 2 aromatic carbocycles. The Morgan fingerprint density at radius 1 is 0.966 bits per heavy atom. The molecule has 0 spiro atoms. The molecule has 29 heavy (non-hydrogen) atoms. The van der Waals surface area contributed by atoms with E-state index in [9.17, 15) is 9.18 Å². The number of hydrogen-bond acceptors (Lipinski definition) is 5. The van der Waals surface area contributed by atoms with Gasteiger partial charge in [0.25, 0.3) is 0 Å². The normalized spacial score (nSPS) is 14.9. The topological polar surface area (TPSA) is 62.5 Å². The zero-order chi connectivity index (χ0) is 20.1. The van der Waals surface area contributed by atoms with Gasteiger partial charge in [-0.05, 0) is 29.8 Å². The maximum Gasteiger partial charge on any atom is 0.247 e. The van der Waals surface area contributed by atoms with Crippen molar-refractivity contribution in [2.75, 3.05) is 32.7 Å². The van der Waals surface area contributed by atoms with E-state index in [4.69, 9.17) is 4.42 Å². The van der Waals surface area contributed by atoms with Gasteiger partial charge in [-0.1, -0.05) is 30.3 Å². The number of benzene rings is 2. The Balaban J connectivity index is 1.22. The van der Waals surface area contributed by atoms with E-state index in [0.717, 1.165) is 30.8 Å². The molecule has 4 rings (SSSR count). The summed E-state index contributed by atoms with van der Waals surface area (Å²) in [4.78, 5) is 16.6. The van der Waals surface area contributed by atoms with Gasteiger partial charge >= 0.3 is 0 Å². The third-order valence-corrected chi connectivity index (χ3v) is 5.12. The first kappa shape index (κ1) is 19.3. The van der Waals surface area contributed by atoms with Crippen molar-refractivity contribution in [3.63, 3.8) is 0 Å². The average molecular weight is 394 g/mol. The summed E-state index contributed by atoms with van der Waals surface area (Å²) in [5, 5.41) is 8.26. The molecule has 1 aliphatic heterocycles. The van der Waals surface area contributed by atoms with Gasteiger partial charge in [0.05, 0.1) is 6.42 Å². The Morgan fingerprint density at radius 3 is 2.41 bits per heavy atom. The zero-order valence-electron chi connectivity index (χ0n) is 16.1. The van der Waals surface area contributed by atoms with Gasteiger partial charge in [0.1, 0.15) is 5.82 Å². The lowest BCUT2D eigenvalue weighted by molar-refractivity contribution is -0.132. The second kappa shape index (κ2) is 8.96. The van der Waals surface area contributed by atoms with Crippen LogP contribution in [-0.4, -0.2) is 58.6 Å². The summed E-state index contributed by atoms with van der Waals surface area (Å²) in [6.07, 6.45) is 0.994. The van der Waals surface area contributed by atoms with Crippen molar-refractivity contribution in [1.29, 1.82) is 0 Å². The number of piperazine rings is 1. The van der Waals surface area contributed by atoms with Gasteiger partial charge in [0, 0.05) is 44.7 Å². The summed E-state index contributed by atoms with van der Waals surface area (Å²) in [5.41, 5.74) is 1.75. The van der Waals surface area contributed by atoms with Crippen molar-refractivity contribution in [1.82, 2.24) is 20.0 Å². The van der Waals surface area contributed by atoms with Crippen LogP contribution in [0.5, 0.6) is 0 Å². The van der Waals surface area contributed by atoms with Crippen LogP contribution in [0.15, 0.2) is 59.0 Å². The van der Waals surface area contributed by atoms with Crippen molar-refractivity contribution in [2.45, 2.75) is 12.8 Å². The van der Waals surface area contributed by atoms with Crippen molar-refractivity contribution < 1.29 is 13.6 Å². The highest BCUT2D eigenvalue weighted by molar-refractivity contribution is 5.78. The Hall–Kier alpha value is -3.06. The van der Waals surface area contributed by atoms with Crippen LogP contribution in [0.1, 0.15) is 11.5 Å². The number of hydrogen-bond donors (Lipinski definition) is 0. The fraction of sp³-hybridized carbons (Fsp3) is 0.318. The first-order valence-corrected chi connectivity index (χ1v) is 9.80. The second-order valence-electron chi connectivity index (χ2n) is 7.14. The second-order valence-corrected chi connectivity index (χ2v) is 7.14. The SMILES string of the molecule is O=C(Cc1ccc(F)cc1)N1CCN(CCc2nnc(-c3ccccc3)o2)CC1. The van der Waals surface area contributed by atoms with E-state index in [0.29, 0.717) is 37.7 Å². The Morgan fingerprint density at radius 2 is 1.69 bits per heavy atom. The van der Waals surface area contributed by atoms with Gasteiger partial charge in [0.15, 0.2) is 0 Å². The molecule has 1 amide bonds. The van der Waals surface area contributed by atoms with Crippen LogP contribution in [0.2, 0.25) is 0 Å². The van der Waals surface area contributed by atoms with Gasteiger partial charge in [0.2, 0.25) is 17.7 Å². The molecule has 3 aromatic rings. The van der Waals surface area contributed by atoms with E-state index >= 15 is 0 Å². The van der Waals surface area contributed by atoms with Crippen LogP contribution in [0.3, 0.4) is 0 Å². The molecule has 0 bridgehead atoms. The summed E-state index contributed by atoms with van der Waals surface area (Å²) >= 11 is 0. The monoisotopic (exact) mass is 394 g/mol. The Bertz CT molecular complexity index is 935. The lowest BCUT2D eigenvalue weighted by Crippen LogP contribution is -2.49. The molecule has 1 fully saturated rings. The summed E-state index contributed by atoms with van der Waals surface area (Å²) in [6.45, 7) is 3.83. The molecule has 0 saturated carbocycles. The van der Waals surface area contributed by atoms with Gasteiger partial charge in [-0.15, -0.1) is 10.2 Å². The maximum atomic E-state index is 13.0. The molecule has 1 aliphatic rings. The fourth-order valence-corrected chi connectivity index (χ4v) is 3.42. The summed E-state index contributed by atoms with van der Waals surface area (Å²) in [5.74, 6) is 0.961. The Labute approximate surface area is 169 Å². The molecule has 0 aliphatic carbocycles. The molecule has 0 unspecified atom stereocenters. The molecular weight excluding hydrogens is 371 g/mol. The van der Waals surface area contributed by atoms with Crippen LogP contribution < -0.4 is 0 Å². The predicted molar refractivity (Wildman–Crippen MR) is 107 cm³/mol. The van der Waals surface area contributed by atoms with Crippen LogP contribution in [0.4, 0.5) is 4.39 Å². The van der Waals surface area contributed by atoms with E-state index in [1.807, 2.05) is 35.2 Å². The molecule has 6 nitrogen and oxygen atoms in total. The van der Waals surface area contributed by atoms with Crippen molar-refractivity contribution in [3.8, 4) is 11.5 Å². The quantitative estimate of drug-likeness (QED) is 0.643. The number of nitrogens with zero attached hydrogens (tertiary/aromatic N) is 4. The third kappa shape index (κ3) is 5.06. The van der Waals surface area contributed by atoms with Gasteiger partial charge < -0.3 is 9.32 Å². The van der Waals surface area contributed by atoms with Gasteiger partial charge in [-0.2, -0.15) is 0 Å². The van der Waals surface area contributed by atoms with Crippen LogP contribution in [0.25, 0.3) is 11.5 Å². The van der Waals surface area contributed by atoms with Gasteiger partial charge in [-0.3, -0.25) is 9.69 Å². The predicted octanol–water partition coefficient (Wildman–Crippen LogP) is 2.81. The standard InChI is InChI=1S/C22H23FN4O2/c23-19-8-6-17(7-9-19)16-21(28)27-14-12-26(13-15-27)11-10-20-24-25-22(29-20)18-4-2-1-3-5-18/h1-9H,10-16H2. The summed E-state index contributed by atoms with van der Waals surface area (Å²) in [6, 6.07) is 15.8. The van der Waals surface area contributed by atoms with Gasteiger partial charge in [-0.25, -0.2) is 4.39 Å². The molecule has 0 atom stereocenters. The molecule has 1 saturated heterocycles. The van der Waals surface area contributed by atoms with Crippen LogP contribution in [0, 0.1) is 5.82 Å². The maximum absolute atomic E-state index is 13.0. The van der Waals surface area contributed by atoms with E-state index in [1.165, 1.54) is 12.1 Å². The third-order valence-electron chi connectivity index (χ3n) is 5.12. The smallest absolute Gasteiger partial charge is 0.247 e. The molecule has 2 heterocycles.